The van der Waals surface area contributed by atoms with Gasteiger partial charge < -0.3 is 10.1 Å². The first-order valence-electron chi connectivity index (χ1n) is 5.86. The molecule has 3 heteroatoms. The maximum Gasteiger partial charge on any atom is 0.120 e. The topological polar surface area (TPSA) is 21.3 Å². The van der Waals surface area contributed by atoms with Gasteiger partial charge in [-0.15, -0.1) is 0 Å². The van der Waals surface area contributed by atoms with Gasteiger partial charge in [0, 0.05) is 3.57 Å². The molecule has 0 saturated carbocycles. The minimum atomic E-state index is 0.833. The van der Waals surface area contributed by atoms with Crippen molar-refractivity contribution in [2.75, 3.05) is 20.2 Å². The molecule has 0 radical (unpaired) electrons. The van der Waals surface area contributed by atoms with Crippen LogP contribution in [0.2, 0.25) is 0 Å². The molecule has 0 aliphatic rings. The molecule has 0 bridgehead atoms. The number of hydrogen-bond donors (Lipinski definition) is 1. The lowest BCUT2D eigenvalue weighted by Crippen LogP contribution is -2.07. The second kappa shape index (κ2) is 8.82. The summed E-state index contributed by atoms with van der Waals surface area (Å²) in [4.78, 5) is 0. The summed E-state index contributed by atoms with van der Waals surface area (Å²) in [6.07, 6.45) is 4.96. The predicted molar refractivity (Wildman–Crippen MR) is 77.0 cm³/mol. The highest BCUT2D eigenvalue weighted by Crippen LogP contribution is 2.15. The van der Waals surface area contributed by atoms with E-state index in [-0.39, 0.29) is 0 Å². The summed E-state index contributed by atoms with van der Waals surface area (Å²) in [6, 6.07) is 8.19. The molecular weight excluding hydrogens is 313 g/mol. The summed E-state index contributed by atoms with van der Waals surface area (Å²) in [6.45, 7) is 1.96. The highest BCUT2D eigenvalue weighted by molar-refractivity contribution is 14.1. The van der Waals surface area contributed by atoms with Crippen molar-refractivity contribution in [1.29, 1.82) is 0 Å². The van der Waals surface area contributed by atoms with Crippen LogP contribution in [0, 0.1) is 3.57 Å². The molecule has 1 N–H and O–H groups in total. The minimum Gasteiger partial charge on any atom is -0.494 e. The first-order chi connectivity index (χ1) is 7.83. The van der Waals surface area contributed by atoms with E-state index < -0.39 is 0 Å². The van der Waals surface area contributed by atoms with Crippen LogP contribution in [0.25, 0.3) is 0 Å². The van der Waals surface area contributed by atoms with Crippen LogP contribution >= 0.6 is 22.6 Å². The zero-order valence-corrected chi connectivity index (χ0v) is 12.0. The molecule has 0 aromatic heterocycles. The lowest BCUT2D eigenvalue weighted by Gasteiger charge is -2.06. The SMILES string of the molecule is CNCCCCCCOc1cccc(I)c1. The third-order valence-electron chi connectivity index (χ3n) is 2.39. The van der Waals surface area contributed by atoms with Crippen LogP contribution in [0.1, 0.15) is 25.7 Å². The number of nitrogens with one attached hydrogen (secondary N) is 1. The average Bonchev–Trinajstić information content (AvgIpc) is 2.28. The van der Waals surface area contributed by atoms with E-state index in [0.29, 0.717) is 0 Å². The fourth-order valence-corrected chi connectivity index (χ4v) is 2.02. The van der Waals surface area contributed by atoms with Gasteiger partial charge in [0.1, 0.15) is 5.75 Å². The largest absolute Gasteiger partial charge is 0.494 e. The maximum atomic E-state index is 5.67. The molecule has 16 heavy (non-hydrogen) atoms. The van der Waals surface area contributed by atoms with Crippen LogP contribution in [-0.4, -0.2) is 20.2 Å². The maximum absolute atomic E-state index is 5.67. The second-order valence-electron chi connectivity index (χ2n) is 3.82. The quantitative estimate of drug-likeness (QED) is 0.581. The lowest BCUT2D eigenvalue weighted by atomic mass is 10.2. The van der Waals surface area contributed by atoms with E-state index in [4.69, 9.17) is 4.74 Å². The van der Waals surface area contributed by atoms with Crippen molar-refractivity contribution in [3.05, 3.63) is 27.8 Å². The van der Waals surface area contributed by atoms with Gasteiger partial charge in [-0.1, -0.05) is 18.9 Å². The summed E-state index contributed by atoms with van der Waals surface area (Å²) in [5, 5.41) is 3.16. The van der Waals surface area contributed by atoms with Crippen molar-refractivity contribution >= 4 is 22.6 Å². The van der Waals surface area contributed by atoms with Gasteiger partial charge in [0.25, 0.3) is 0 Å². The van der Waals surface area contributed by atoms with Crippen LogP contribution in [0.3, 0.4) is 0 Å². The van der Waals surface area contributed by atoms with E-state index in [2.05, 4.69) is 40.0 Å². The van der Waals surface area contributed by atoms with Crippen LogP contribution in [0.4, 0.5) is 0 Å². The molecule has 0 fully saturated rings. The Kier molecular flexibility index (Phi) is 7.59. The van der Waals surface area contributed by atoms with Gasteiger partial charge in [0.15, 0.2) is 0 Å². The first-order valence-corrected chi connectivity index (χ1v) is 6.94. The molecule has 1 aromatic carbocycles. The number of benzene rings is 1. The Balaban J connectivity index is 2.03. The second-order valence-corrected chi connectivity index (χ2v) is 5.07. The summed E-state index contributed by atoms with van der Waals surface area (Å²) >= 11 is 2.30. The monoisotopic (exact) mass is 333 g/mol. The van der Waals surface area contributed by atoms with Gasteiger partial charge in [-0.05, 0) is 67.2 Å². The molecule has 90 valence electrons. The molecule has 0 atom stereocenters. The first kappa shape index (κ1) is 13.8. The van der Waals surface area contributed by atoms with E-state index in [1.54, 1.807) is 0 Å². The van der Waals surface area contributed by atoms with Crippen molar-refractivity contribution in [2.24, 2.45) is 0 Å². The molecular formula is C13H20INO. The Bertz CT molecular complexity index is 291. The fraction of sp³-hybridized carbons (Fsp3) is 0.538. The van der Waals surface area contributed by atoms with Gasteiger partial charge in [0.05, 0.1) is 6.61 Å². The van der Waals surface area contributed by atoms with E-state index in [1.807, 2.05) is 19.2 Å². The standard InChI is InChI=1S/C13H20INO/c1-15-9-4-2-3-5-10-16-13-8-6-7-12(14)11-13/h6-8,11,15H,2-5,9-10H2,1H3. The van der Waals surface area contributed by atoms with Gasteiger partial charge in [-0.3, -0.25) is 0 Å². The van der Waals surface area contributed by atoms with Crippen LogP contribution in [-0.2, 0) is 0 Å². The normalized spacial score (nSPS) is 10.4. The minimum absolute atomic E-state index is 0.833. The number of hydrogen-bond acceptors (Lipinski definition) is 2. The highest BCUT2D eigenvalue weighted by atomic mass is 127. The number of ether oxygens (including phenoxy) is 1. The van der Waals surface area contributed by atoms with Gasteiger partial charge in [-0.2, -0.15) is 0 Å². The average molecular weight is 333 g/mol. The number of rotatable bonds is 8. The molecule has 0 amide bonds. The van der Waals surface area contributed by atoms with Crippen LogP contribution in [0.5, 0.6) is 5.75 Å². The number of halogens is 1. The van der Waals surface area contributed by atoms with Crippen molar-refractivity contribution in [3.63, 3.8) is 0 Å². The molecule has 0 heterocycles. The molecule has 0 aliphatic carbocycles. The van der Waals surface area contributed by atoms with Crippen LogP contribution < -0.4 is 10.1 Å². The van der Waals surface area contributed by atoms with Crippen LogP contribution in [0.15, 0.2) is 24.3 Å². The molecule has 1 rings (SSSR count). The number of unbranched alkanes of at least 4 members (excludes halogenated alkanes) is 3. The zero-order valence-electron chi connectivity index (χ0n) is 9.84. The smallest absolute Gasteiger partial charge is 0.120 e. The zero-order chi connectivity index (χ0) is 11.6. The van der Waals surface area contributed by atoms with E-state index in [0.717, 1.165) is 25.3 Å². The van der Waals surface area contributed by atoms with Crippen molar-refractivity contribution in [1.82, 2.24) is 5.32 Å². The Morgan fingerprint density at radius 2 is 2.00 bits per heavy atom. The summed E-state index contributed by atoms with van der Waals surface area (Å²) in [5.74, 6) is 0.988. The van der Waals surface area contributed by atoms with E-state index in [1.165, 1.54) is 22.8 Å². The Hall–Kier alpha value is -0.290. The third-order valence-corrected chi connectivity index (χ3v) is 3.06. The van der Waals surface area contributed by atoms with Crippen molar-refractivity contribution in [2.45, 2.75) is 25.7 Å². The Labute approximate surface area is 112 Å². The summed E-state index contributed by atoms with van der Waals surface area (Å²) in [7, 11) is 2.00. The van der Waals surface area contributed by atoms with E-state index in [9.17, 15) is 0 Å². The van der Waals surface area contributed by atoms with Crippen molar-refractivity contribution < 1.29 is 4.74 Å². The van der Waals surface area contributed by atoms with E-state index >= 15 is 0 Å². The van der Waals surface area contributed by atoms with Gasteiger partial charge in [0.2, 0.25) is 0 Å². The Morgan fingerprint density at radius 1 is 1.19 bits per heavy atom. The molecule has 0 unspecified atom stereocenters. The molecule has 2 nitrogen and oxygen atoms in total. The molecule has 0 aliphatic heterocycles. The molecule has 0 saturated heterocycles. The molecule has 1 aromatic rings. The van der Waals surface area contributed by atoms with Crippen molar-refractivity contribution in [3.8, 4) is 5.75 Å². The lowest BCUT2D eigenvalue weighted by molar-refractivity contribution is 0.304. The Morgan fingerprint density at radius 3 is 2.75 bits per heavy atom. The highest BCUT2D eigenvalue weighted by Gasteiger charge is 1.94. The fourth-order valence-electron chi connectivity index (χ4n) is 1.50. The third kappa shape index (κ3) is 6.33. The van der Waals surface area contributed by atoms with Gasteiger partial charge >= 0.3 is 0 Å². The molecule has 0 spiro atoms. The van der Waals surface area contributed by atoms with Gasteiger partial charge in [-0.25, -0.2) is 0 Å². The predicted octanol–water partition coefficient (Wildman–Crippen LogP) is 3.45. The summed E-state index contributed by atoms with van der Waals surface area (Å²) < 4.78 is 6.90. The summed E-state index contributed by atoms with van der Waals surface area (Å²) in [5.41, 5.74) is 0.